The number of rotatable bonds is 5. The van der Waals surface area contributed by atoms with Crippen molar-refractivity contribution in [3.63, 3.8) is 0 Å². The molecule has 0 saturated carbocycles. The highest BCUT2D eigenvalue weighted by molar-refractivity contribution is 5.78. The number of benzene rings is 1. The van der Waals surface area contributed by atoms with Crippen LogP contribution in [-0.4, -0.2) is 56.1 Å². The van der Waals surface area contributed by atoms with Gasteiger partial charge in [0.25, 0.3) is 0 Å². The van der Waals surface area contributed by atoms with Crippen LogP contribution < -0.4 is 9.47 Å². The number of amides is 1. The number of likely N-dealkylation sites (tertiary alicyclic amines) is 2. The zero-order valence-corrected chi connectivity index (χ0v) is 16.5. The van der Waals surface area contributed by atoms with Gasteiger partial charge in [-0.05, 0) is 43.7 Å². The summed E-state index contributed by atoms with van der Waals surface area (Å²) < 4.78 is 10.9. The Morgan fingerprint density at radius 1 is 1.15 bits per heavy atom. The van der Waals surface area contributed by atoms with Gasteiger partial charge < -0.3 is 14.4 Å². The van der Waals surface area contributed by atoms with Crippen LogP contribution >= 0.6 is 0 Å². The first kappa shape index (κ1) is 19.0. The highest BCUT2D eigenvalue weighted by atomic mass is 16.5. The van der Waals surface area contributed by atoms with Gasteiger partial charge in [-0.2, -0.15) is 0 Å². The number of carbonyl (C=O) groups excluding carboxylic acids is 1. The molecule has 1 aromatic rings. The second-order valence-corrected chi connectivity index (χ2v) is 7.98. The zero-order valence-electron chi connectivity index (χ0n) is 16.5. The molecule has 2 fully saturated rings. The van der Waals surface area contributed by atoms with E-state index in [1.807, 2.05) is 12.1 Å². The molecule has 0 aromatic heterocycles. The molecule has 2 saturated heterocycles. The first-order valence-corrected chi connectivity index (χ1v) is 9.75. The van der Waals surface area contributed by atoms with Crippen LogP contribution in [0, 0.1) is 11.8 Å². The Morgan fingerprint density at radius 2 is 1.88 bits per heavy atom. The molecule has 144 valence electrons. The van der Waals surface area contributed by atoms with E-state index in [9.17, 15) is 4.79 Å². The first-order chi connectivity index (χ1) is 12.5. The lowest BCUT2D eigenvalue weighted by Gasteiger charge is -2.36. The lowest BCUT2D eigenvalue weighted by Crippen LogP contribution is -2.46. The molecule has 2 aliphatic heterocycles. The number of methoxy groups -OCH3 is 2. The number of nitrogens with zero attached hydrogens (tertiary/aromatic N) is 2. The molecule has 2 heterocycles. The van der Waals surface area contributed by atoms with Crippen molar-refractivity contribution in [1.82, 2.24) is 9.80 Å². The van der Waals surface area contributed by atoms with Crippen LogP contribution in [0.25, 0.3) is 0 Å². The zero-order chi connectivity index (χ0) is 18.7. The predicted octanol–water partition coefficient (Wildman–Crippen LogP) is 3.35. The highest BCUT2D eigenvalue weighted by Crippen LogP contribution is 2.38. The summed E-state index contributed by atoms with van der Waals surface area (Å²) >= 11 is 0. The maximum absolute atomic E-state index is 12.9. The summed E-state index contributed by atoms with van der Waals surface area (Å²) in [6.07, 6.45) is 3.39. The van der Waals surface area contributed by atoms with Crippen LogP contribution in [0.2, 0.25) is 0 Å². The number of hydrogen-bond acceptors (Lipinski definition) is 4. The summed E-state index contributed by atoms with van der Waals surface area (Å²) in [5, 5.41) is 0. The van der Waals surface area contributed by atoms with Crippen LogP contribution in [0.5, 0.6) is 11.5 Å². The average Bonchev–Trinajstić information content (AvgIpc) is 3.08. The minimum Gasteiger partial charge on any atom is -0.497 e. The third-order valence-electron chi connectivity index (χ3n) is 5.72. The lowest BCUT2D eigenvalue weighted by atomic mass is 9.92. The maximum atomic E-state index is 12.9. The molecule has 2 aliphatic rings. The third-order valence-corrected chi connectivity index (χ3v) is 5.72. The van der Waals surface area contributed by atoms with Gasteiger partial charge in [0.1, 0.15) is 11.5 Å². The standard InChI is InChI=1S/C21H32N2O3/c1-15-10-16(2)13-23(12-15)21(24)14-22-9-5-6-19(22)18-8-7-17(25-3)11-20(18)26-4/h7-8,11,15-16,19H,5-6,9-10,12-14H2,1-4H3/t15-,16+,19-/m1/s1. The quantitative estimate of drug-likeness (QED) is 0.808. The van der Waals surface area contributed by atoms with Crippen LogP contribution in [0.15, 0.2) is 18.2 Å². The fourth-order valence-corrected chi connectivity index (χ4v) is 4.60. The summed E-state index contributed by atoms with van der Waals surface area (Å²) in [5.74, 6) is 3.09. The number of carbonyl (C=O) groups is 1. The smallest absolute Gasteiger partial charge is 0.236 e. The number of piperidine rings is 1. The second kappa shape index (κ2) is 8.30. The molecule has 0 aliphatic carbocycles. The van der Waals surface area contributed by atoms with Crippen molar-refractivity contribution in [2.75, 3.05) is 40.4 Å². The van der Waals surface area contributed by atoms with E-state index in [1.165, 1.54) is 6.42 Å². The Hall–Kier alpha value is -1.75. The topological polar surface area (TPSA) is 42.0 Å². The van der Waals surface area contributed by atoms with E-state index in [-0.39, 0.29) is 11.9 Å². The molecule has 0 unspecified atom stereocenters. The van der Waals surface area contributed by atoms with Crippen molar-refractivity contribution in [3.8, 4) is 11.5 Å². The molecule has 0 radical (unpaired) electrons. The van der Waals surface area contributed by atoms with Crippen molar-refractivity contribution in [1.29, 1.82) is 0 Å². The molecule has 0 bridgehead atoms. The molecule has 3 rings (SSSR count). The van der Waals surface area contributed by atoms with Gasteiger partial charge >= 0.3 is 0 Å². The predicted molar refractivity (Wildman–Crippen MR) is 103 cm³/mol. The van der Waals surface area contributed by atoms with Gasteiger partial charge in [0.2, 0.25) is 5.91 Å². The Bertz CT molecular complexity index is 624. The molecule has 5 nitrogen and oxygen atoms in total. The first-order valence-electron chi connectivity index (χ1n) is 9.75. The van der Waals surface area contributed by atoms with Gasteiger partial charge in [-0.1, -0.05) is 19.9 Å². The minimum atomic E-state index is 0.236. The summed E-state index contributed by atoms with van der Waals surface area (Å²) in [7, 11) is 3.36. The van der Waals surface area contributed by atoms with Crippen molar-refractivity contribution >= 4 is 5.91 Å². The van der Waals surface area contributed by atoms with E-state index in [0.717, 1.165) is 49.5 Å². The fraction of sp³-hybridized carbons (Fsp3) is 0.667. The van der Waals surface area contributed by atoms with E-state index in [2.05, 4.69) is 29.7 Å². The van der Waals surface area contributed by atoms with Gasteiger partial charge in [-0.15, -0.1) is 0 Å². The molecular weight excluding hydrogens is 328 g/mol. The Kier molecular flexibility index (Phi) is 6.07. The van der Waals surface area contributed by atoms with Crippen LogP contribution in [0.4, 0.5) is 0 Å². The molecule has 0 spiro atoms. The van der Waals surface area contributed by atoms with E-state index in [0.29, 0.717) is 18.4 Å². The van der Waals surface area contributed by atoms with Gasteiger partial charge in [0.05, 0.1) is 20.8 Å². The highest BCUT2D eigenvalue weighted by Gasteiger charge is 2.32. The fourth-order valence-electron chi connectivity index (χ4n) is 4.60. The minimum absolute atomic E-state index is 0.236. The summed E-state index contributed by atoms with van der Waals surface area (Å²) in [6.45, 7) is 7.75. The molecule has 5 heteroatoms. The van der Waals surface area contributed by atoms with Crippen molar-refractivity contribution < 1.29 is 14.3 Å². The molecule has 1 aromatic carbocycles. The maximum Gasteiger partial charge on any atom is 0.236 e. The monoisotopic (exact) mass is 360 g/mol. The van der Waals surface area contributed by atoms with E-state index >= 15 is 0 Å². The van der Waals surface area contributed by atoms with E-state index in [4.69, 9.17) is 9.47 Å². The lowest BCUT2D eigenvalue weighted by molar-refractivity contribution is -0.135. The SMILES string of the molecule is COc1ccc([C@H]2CCCN2CC(=O)N2C[C@H](C)C[C@H](C)C2)c(OC)c1. The van der Waals surface area contributed by atoms with Crippen LogP contribution in [-0.2, 0) is 4.79 Å². The second-order valence-electron chi connectivity index (χ2n) is 7.98. The molecule has 26 heavy (non-hydrogen) atoms. The average molecular weight is 360 g/mol. The van der Waals surface area contributed by atoms with Crippen molar-refractivity contribution in [2.24, 2.45) is 11.8 Å². The molecule has 1 amide bonds. The van der Waals surface area contributed by atoms with Crippen LogP contribution in [0.1, 0.15) is 44.7 Å². The molecular formula is C21H32N2O3. The summed E-state index contributed by atoms with van der Waals surface area (Å²) in [5.41, 5.74) is 1.15. The van der Waals surface area contributed by atoms with Gasteiger partial charge in [0, 0.05) is 30.8 Å². The van der Waals surface area contributed by atoms with Gasteiger partial charge in [-0.25, -0.2) is 0 Å². The van der Waals surface area contributed by atoms with Crippen LogP contribution in [0.3, 0.4) is 0 Å². The molecule has 3 atom stereocenters. The summed E-state index contributed by atoms with van der Waals surface area (Å²) in [4.78, 5) is 17.3. The van der Waals surface area contributed by atoms with Gasteiger partial charge in [-0.3, -0.25) is 9.69 Å². The Labute approximate surface area is 157 Å². The van der Waals surface area contributed by atoms with E-state index < -0.39 is 0 Å². The van der Waals surface area contributed by atoms with Gasteiger partial charge in [0.15, 0.2) is 0 Å². The summed E-state index contributed by atoms with van der Waals surface area (Å²) in [6, 6.07) is 6.22. The third kappa shape index (κ3) is 4.14. The van der Waals surface area contributed by atoms with Crippen molar-refractivity contribution in [2.45, 2.75) is 39.2 Å². The Morgan fingerprint density at radius 3 is 2.54 bits per heavy atom. The normalized spacial score (nSPS) is 26.8. The molecule has 0 N–H and O–H groups in total. The number of ether oxygens (including phenoxy) is 2. The Balaban J connectivity index is 1.71. The van der Waals surface area contributed by atoms with E-state index in [1.54, 1.807) is 14.2 Å². The number of hydrogen-bond donors (Lipinski definition) is 0. The van der Waals surface area contributed by atoms with Crippen molar-refractivity contribution in [3.05, 3.63) is 23.8 Å². The largest absolute Gasteiger partial charge is 0.497 e.